The van der Waals surface area contributed by atoms with Crippen molar-refractivity contribution in [1.29, 1.82) is 0 Å². The Morgan fingerprint density at radius 1 is 1.56 bits per heavy atom. The van der Waals surface area contributed by atoms with Crippen LogP contribution in [0.15, 0.2) is 24.3 Å². The molecule has 0 heterocycles. The first-order chi connectivity index (χ1) is 8.56. The van der Waals surface area contributed by atoms with Crippen molar-refractivity contribution in [1.82, 2.24) is 4.90 Å². The Morgan fingerprint density at radius 2 is 2.28 bits per heavy atom. The molecule has 2 N–H and O–H groups in total. The van der Waals surface area contributed by atoms with Crippen LogP contribution in [-0.2, 0) is 0 Å². The molecule has 1 aromatic rings. The number of rotatable bonds is 4. The number of likely N-dealkylation sites (N-methyl/N-ethyl adjacent to an activating group) is 1. The first-order valence-electron chi connectivity index (χ1n) is 6.33. The smallest absolute Gasteiger partial charge is 0.321 e. The SMILES string of the molecule is Cc1cccc(NC(=O)N(C)CC(O)C2CC2)c1. The molecule has 1 aromatic carbocycles. The predicted octanol–water partition coefficient (Wildman–Crippen LogP) is 2.23. The Balaban J connectivity index is 1.86. The van der Waals surface area contributed by atoms with E-state index in [0.717, 1.165) is 24.1 Å². The lowest BCUT2D eigenvalue weighted by Crippen LogP contribution is -2.38. The number of aliphatic hydroxyl groups is 1. The van der Waals surface area contributed by atoms with Crippen molar-refractivity contribution in [2.24, 2.45) is 5.92 Å². The summed E-state index contributed by atoms with van der Waals surface area (Å²) in [6.45, 7) is 2.37. The van der Waals surface area contributed by atoms with Gasteiger partial charge in [-0.2, -0.15) is 0 Å². The number of nitrogens with one attached hydrogen (secondary N) is 1. The quantitative estimate of drug-likeness (QED) is 0.858. The molecule has 1 fully saturated rings. The van der Waals surface area contributed by atoms with Gasteiger partial charge in [-0.1, -0.05) is 12.1 Å². The van der Waals surface area contributed by atoms with E-state index in [2.05, 4.69) is 5.32 Å². The molecular weight excluding hydrogens is 228 g/mol. The van der Waals surface area contributed by atoms with Gasteiger partial charge in [-0.3, -0.25) is 0 Å². The molecule has 0 bridgehead atoms. The molecule has 1 unspecified atom stereocenters. The van der Waals surface area contributed by atoms with E-state index in [1.807, 2.05) is 31.2 Å². The predicted molar refractivity (Wildman–Crippen MR) is 71.6 cm³/mol. The maximum Gasteiger partial charge on any atom is 0.321 e. The minimum absolute atomic E-state index is 0.180. The van der Waals surface area contributed by atoms with E-state index >= 15 is 0 Å². The number of aliphatic hydroxyl groups excluding tert-OH is 1. The number of carbonyl (C=O) groups excluding carboxylic acids is 1. The molecular formula is C14H20N2O2. The molecule has 2 rings (SSSR count). The van der Waals surface area contributed by atoms with E-state index in [9.17, 15) is 9.90 Å². The van der Waals surface area contributed by atoms with Gasteiger partial charge in [-0.15, -0.1) is 0 Å². The van der Waals surface area contributed by atoms with E-state index in [4.69, 9.17) is 0 Å². The second-order valence-corrected chi connectivity index (χ2v) is 5.08. The third-order valence-electron chi connectivity index (χ3n) is 3.24. The summed E-state index contributed by atoms with van der Waals surface area (Å²) in [5, 5.41) is 12.6. The van der Waals surface area contributed by atoms with E-state index in [-0.39, 0.29) is 6.03 Å². The second kappa shape index (κ2) is 5.40. The first kappa shape index (κ1) is 12.9. The normalized spacial score (nSPS) is 16.2. The highest BCUT2D eigenvalue weighted by Gasteiger charge is 2.31. The minimum atomic E-state index is -0.391. The zero-order valence-electron chi connectivity index (χ0n) is 10.9. The highest BCUT2D eigenvalue weighted by Crippen LogP contribution is 2.32. The number of amides is 2. The van der Waals surface area contributed by atoms with Crippen LogP contribution in [0.5, 0.6) is 0 Å². The summed E-state index contributed by atoms with van der Waals surface area (Å²) in [6.07, 6.45) is 1.77. The van der Waals surface area contributed by atoms with E-state index in [1.165, 1.54) is 4.90 Å². The highest BCUT2D eigenvalue weighted by atomic mass is 16.3. The fourth-order valence-electron chi connectivity index (χ4n) is 1.94. The van der Waals surface area contributed by atoms with Crippen molar-refractivity contribution in [2.75, 3.05) is 18.9 Å². The fourth-order valence-corrected chi connectivity index (χ4v) is 1.94. The summed E-state index contributed by atoms with van der Waals surface area (Å²) in [6, 6.07) is 7.49. The standard InChI is InChI=1S/C14H20N2O2/c1-10-4-3-5-12(8-10)15-14(18)16(2)9-13(17)11-6-7-11/h3-5,8,11,13,17H,6-7,9H2,1-2H3,(H,15,18). The van der Waals surface area contributed by atoms with E-state index < -0.39 is 6.10 Å². The van der Waals surface area contributed by atoms with Crippen LogP contribution in [0.1, 0.15) is 18.4 Å². The number of hydrogen-bond donors (Lipinski definition) is 2. The number of carbonyl (C=O) groups is 1. The Labute approximate surface area is 108 Å². The summed E-state index contributed by atoms with van der Waals surface area (Å²) in [4.78, 5) is 13.4. The Hall–Kier alpha value is -1.55. The molecule has 2 amide bonds. The first-order valence-corrected chi connectivity index (χ1v) is 6.33. The number of anilines is 1. The van der Waals surface area contributed by atoms with Crippen molar-refractivity contribution in [3.8, 4) is 0 Å². The third kappa shape index (κ3) is 3.47. The molecule has 4 nitrogen and oxygen atoms in total. The summed E-state index contributed by atoms with van der Waals surface area (Å²) in [7, 11) is 1.71. The van der Waals surface area contributed by atoms with Gasteiger partial charge in [0.2, 0.25) is 0 Å². The average Bonchev–Trinajstić information content (AvgIpc) is 3.12. The number of aryl methyl sites for hydroxylation is 1. The molecule has 0 radical (unpaired) electrons. The van der Waals surface area contributed by atoms with Gasteiger partial charge < -0.3 is 15.3 Å². The number of urea groups is 1. The molecule has 0 spiro atoms. The summed E-state index contributed by atoms with van der Waals surface area (Å²) in [5.74, 6) is 0.388. The van der Waals surface area contributed by atoms with Crippen LogP contribution in [0.2, 0.25) is 0 Å². The zero-order chi connectivity index (χ0) is 13.1. The molecule has 1 aliphatic rings. The van der Waals surface area contributed by atoms with E-state index in [0.29, 0.717) is 12.5 Å². The van der Waals surface area contributed by atoms with Crippen LogP contribution in [0.25, 0.3) is 0 Å². The van der Waals surface area contributed by atoms with Crippen molar-refractivity contribution >= 4 is 11.7 Å². The highest BCUT2D eigenvalue weighted by molar-refractivity contribution is 5.89. The Morgan fingerprint density at radius 3 is 2.89 bits per heavy atom. The molecule has 0 aliphatic heterocycles. The van der Waals surface area contributed by atoms with Crippen LogP contribution < -0.4 is 5.32 Å². The van der Waals surface area contributed by atoms with Crippen molar-refractivity contribution in [2.45, 2.75) is 25.9 Å². The second-order valence-electron chi connectivity index (χ2n) is 5.08. The lowest BCUT2D eigenvalue weighted by atomic mass is 10.2. The molecule has 4 heteroatoms. The van der Waals surface area contributed by atoms with Gasteiger partial charge in [-0.05, 0) is 43.4 Å². The largest absolute Gasteiger partial charge is 0.391 e. The third-order valence-corrected chi connectivity index (χ3v) is 3.24. The van der Waals surface area contributed by atoms with Gasteiger partial charge >= 0.3 is 6.03 Å². The molecule has 1 atom stereocenters. The minimum Gasteiger partial charge on any atom is -0.391 e. The lowest BCUT2D eigenvalue weighted by Gasteiger charge is -2.21. The topological polar surface area (TPSA) is 52.6 Å². The Kier molecular flexibility index (Phi) is 3.87. The average molecular weight is 248 g/mol. The molecule has 1 aliphatic carbocycles. The van der Waals surface area contributed by atoms with Crippen molar-refractivity contribution < 1.29 is 9.90 Å². The fraction of sp³-hybridized carbons (Fsp3) is 0.500. The van der Waals surface area contributed by atoms with Gasteiger partial charge in [-0.25, -0.2) is 4.79 Å². The van der Waals surface area contributed by atoms with Crippen LogP contribution in [0.4, 0.5) is 10.5 Å². The van der Waals surface area contributed by atoms with Crippen molar-refractivity contribution in [3.05, 3.63) is 29.8 Å². The van der Waals surface area contributed by atoms with Crippen LogP contribution in [0.3, 0.4) is 0 Å². The number of nitrogens with zero attached hydrogens (tertiary/aromatic N) is 1. The van der Waals surface area contributed by atoms with Gasteiger partial charge in [0.05, 0.1) is 6.10 Å². The zero-order valence-corrected chi connectivity index (χ0v) is 10.9. The maximum absolute atomic E-state index is 11.9. The van der Waals surface area contributed by atoms with Gasteiger partial charge in [0.15, 0.2) is 0 Å². The van der Waals surface area contributed by atoms with Gasteiger partial charge in [0, 0.05) is 19.3 Å². The van der Waals surface area contributed by atoms with Gasteiger partial charge in [0.1, 0.15) is 0 Å². The molecule has 0 aromatic heterocycles. The van der Waals surface area contributed by atoms with Crippen LogP contribution >= 0.6 is 0 Å². The summed E-state index contributed by atoms with van der Waals surface area (Å²) >= 11 is 0. The Bertz CT molecular complexity index is 430. The molecule has 0 saturated heterocycles. The molecule has 1 saturated carbocycles. The van der Waals surface area contributed by atoms with Crippen molar-refractivity contribution in [3.63, 3.8) is 0 Å². The monoisotopic (exact) mass is 248 g/mol. The summed E-state index contributed by atoms with van der Waals surface area (Å²) < 4.78 is 0. The summed E-state index contributed by atoms with van der Waals surface area (Å²) in [5.41, 5.74) is 1.89. The van der Waals surface area contributed by atoms with Gasteiger partial charge in [0.25, 0.3) is 0 Å². The molecule has 98 valence electrons. The number of hydrogen-bond acceptors (Lipinski definition) is 2. The van der Waals surface area contributed by atoms with Crippen LogP contribution in [0, 0.1) is 12.8 Å². The maximum atomic E-state index is 11.9. The number of benzene rings is 1. The van der Waals surface area contributed by atoms with Crippen LogP contribution in [-0.4, -0.2) is 35.7 Å². The lowest BCUT2D eigenvalue weighted by molar-refractivity contribution is 0.117. The van der Waals surface area contributed by atoms with E-state index in [1.54, 1.807) is 7.05 Å². The molecule has 18 heavy (non-hydrogen) atoms.